The van der Waals surface area contributed by atoms with Gasteiger partial charge in [0.25, 0.3) is 5.91 Å². The van der Waals surface area contributed by atoms with E-state index in [1.165, 1.54) is 18.5 Å². The van der Waals surface area contributed by atoms with Crippen molar-refractivity contribution in [1.29, 1.82) is 0 Å². The second-order valence-corrected chi connectivity index (χ2v) is 7.68. The number of amides is 1. The lowest BCUT2D eigenvalue weighted by Crippen LogP contribution is -2.28. The molecule has 1 aromatic heterocycles. The van der Waals surface area contributed by atoms with Crippen molar-refractivity contribution in [3.8, 4) is 5.75 Å². The number of amidine groups is 1. The number of fused-ring (bicyclic) bond motifs is 1. The van der Waals surface area contributed by atoms with E-state index in [1.54, 1.807) is 12.1 Å². The lowest BCUT2D eigenvalue weighted by atomic mass is 9.96. The van der Waals surface area contributed by atoms with Crippen LogP contribution in [0.3, 0.4) is 0 Å². The summed E-state index contributed by atoms with van der Waals surface area (Å²) >= 11 is 0. The smallest absolute Gasteiger partial charge is 0.254 e. The zero-order valence-electron chi connectivity index (χ0n) is 17.1. The quantitative estimate of drug-likeness (QED) is 0.218. The van der Waals surface area contributed by atoms with Gasteiger partial charge in [0.05, 0.1) is 17.3 Å². The van der Waals surface area contributed by atoms with Gasteiger partial charge in [-0.05, 0) is 55.7 Å². The predicted molar refractivity (Wildman–Crippen MR) is 116 cm³/mol. The van der Waals surface area contributed by atoms with Crippen LogP contribution in [0.2, 0.25) is 0 Å². The molecule has 1 saturated heterocycles. The van der Waals surface area contributed by atoms with Crippen molar-refractivity contribution in [1.82, 2.24) is 14.9 Å². The van der Waals surface area contributed by atoms with Crippen molar-refractivity contribution in [2.75, 3.05) is 13.1 Å². The van der Waals surface area contributed by atoms with Crippen molar-refractivity contribution in [3.63, 3.8) is 0 Å². The van der Waals surface area contributed by atoms with Crippen LogP contribution in [0.5, 0.6) is 5.75 Å². The molecule has 9 nitrogen and oxygen atoms in total. The second kappa shape index (κ2) is 8.19. The summed E-state index contributed by atoms with van der Waals surface area (Å²) in [6.45, 7) is 3.42. The highest BCUT2D eigenvalue weighted by atomic mass is 16.4. The average Bonchev–Trinajstić information content (AvgIpc) is 3.32. The first-order chi connectivity index (χ1) is 14.9. The number of likely N-dealkylation sites (tertiary alicyclic amines) is 1. The first kappa shape index (κ1) is 20.5. The number of hydrogen-bond donors (Lipinski definition) is 4. The molecule has 0 radical (unpaired) electrons. The van der Waals surface area contributed by atoms with Gasteiger partial charge in [-0.1, -0.05) is 5.16 Å². The van der Waals surface area contributed by atoms with Crippen LogP contribution in [0.15, 0.2) is 41.8 Å². The van der Waals surface area contributed by atoms with Gasteiger partial charge in [-0.25, -0.2) is 9.97 Å². The number of aromatic hydroxyl groups is 1. The second-order valence-electron chi connectivity index (χ2n) is 7.68. The number of nitrogens with zero attached hydrogens (tertiary/aromatic N) is 4. The Labute approximate surface area is 179 Å². The van der Waals surface area contributed by atoms with Gasteiger partial charge in [0.2, 0.25) is 0 Å². The molecule has 0 bridgehead atoms. The zero-order valence-corrected chi connectivity index (χ0v) is 17.1. The summed E-state index contributed by atoms with van der Waals surface area (Å²) in [6.07, 6.45) is 3.43. The number of oxime groups is 1. The molecular weight excluding hydrogens is 396 g/mol. The highest BCUT2D eigenvalue weighted by molar-refractivity contribution is 6.00. The molecule has 1 aliphatic rings. The fourth-order valence-electron chi connectivity index (χ4n) is 3.97. The molecule has 2 aromatic carbocycles. The highest BCUT2D eigenvalue weighted by Crippen LogP contribution is 2.32. The van der Waals surface area contributed by atoms with Crippen molar-refractivity contribution >= 4 is 22.6 Å². The van der Waals surface area contributed by atoms with E-state index in [0.29, 0.717) is 33.3 Å². The predicted octanol–water partition coefficient (Wildman–Crippen LogP) is 2.02. The van der Waals surface area contributed by atoms with Crippen molar-refractivity contribution < 1.29 is 15.1 Å². The number of aryl methyl sites for hydroxylation is 1. The van der Waals surface area contributed by atoms with Crippen LogP contribution in [0, 0.1) is 6.92 Å². The van der Waals surface area contributed by atoms with Crippen LogP contribution >= 0.6 is 0 Å². The third kappa shape index (κ3) is 3.75. The molecule has 1 fully saturated rings. The largest absolute Gasteiger partial charge is 0.508 e. The lowest BCUT2D eigenvalue weighted by Gasteiger charge is -2.19. The summed E-state index contributed by atoms with van der Waals surface area (Å²) in [6, 6.07) is 7.36. The Morgan fingerprint density at radius 2 is 1.94 bits per heavy atom. The van der Waals surface area contributed by atoms with E-state index in [-0.39, 0.29) is 17.5 Å². The summed E-state index contributed by atoms with van der Waals surface area (Å²) in [7, 11) is 0. The maximum absolute atomic E-state index is 12.9. The van der Waals surface area contributed by atoms with Gasteiger partial charge in [-0.15, -0.1) is 0 Å². The summed E-state index contributed by atoms with van der Waals surface area (Å²) < 4.78 is 0. The molecule has 0 aliphatic carbocycles. The number of phenolic OH excluding ortho intramolecular Hbond substituents is 1. The van der Waals surface area contributed by atoms with Gasteiger partial charge < -0.3 is 26.7 Å². The van der Waals surface area contributed by atoms with Gasteiger partial charge in [0.15, 0.2) is 5.84 Å². The summed E-state index contributed by atoms with van der Waals surface area (Å²) in [4.78, 5) is 23.5. The Kier molecular flexibility index (Phi) is 5.43. The van der Waals surface area contributed by atoms with Crippen molar-refractivity contribution in [2.45, 2.75) is 25.8 Å². The molecule has 1 amide bonds. The molecule has 0 saturated carbocycles. The summed E-state index contributed by atoms with van der Waals surface area (Å²) in [5, 5.41) is 23.0. The Morgan fingerprint density at radius 1 is 1.19 bits per heavy atom. The minimum absolute atomic E-state index is 0.00507. The van der Waals surface area contributed by atoms with Crippen LogP contribution in [0.1, 0.15) is 51.6 Å². The van der Waals surface area contributed by atoms with E-state index in [9.17, 15) is 9.90 Å². The molecule has 4 rings (SSSR count). The molecule has 3 aromatic rings. The number of carbonyl (C=O) groups is 1. The number of hydrogen-bond acceptors (Lipinski definition) is 7. The zero-order chi connectivity index (χ0) is 22.1. The van der Waals surface area contributed by atoms with Crippen molar-refractivity contribution in [2.24, 2.45) is 16.6 Å². The molecule has 9 heteroatoms. The minimum atomic E-state index is -0.795. The molecular formula is C22H24N6O3. The lowest BCUT2D eigenvalue weighted by molar-refractivity contribution is 0.0792. The highest BCUT2D eigenvalue weighted by Gasteiger charge is 2.24. The molecule has 160 valence electrons. The number of rotatable bonds is 4. The summed E-state index contributed by atoms with van der Waals surface area (Å²) in [5.41, 5.74) is 15.5. The Bertz CT molecular complexity index is 1190. The van der Waals surface area contributed by atoms with Crippen LogP contribution in [0.4, 0.5) is 0 Å². The molecule has 1 aliphatic heterocycles. The normalized spacial score (nSPS) is 15.4. The van der Waals surface area contributed by atoms with Crippen LogP contribution < -0.4 is 11.5 Å². The summed E-state index contributed by atoms with van der Waals surface area (Å²) in [5.74, 6) is -0.126. The van der Waals surface area contributed by atoms with Gasteiger partial charge in [0.1, 0.15) is 12.1 Å². The van der Waals surface area contributed by atoms with Crippen molar-refractivity contribution in [3.05, 3.63) is 64.6 Å². The molecule has 31 heavy (non-hydrogen) atoms. The number of benzene rings is 2. The Balaban J connectivity index is 1.78. The van der Waals surface area contributed by atoms with Crippen LogP contribution in [0.25, 0.3) is 10.9 Å². The fraction of sp³-hybridized carbons (Fsp3) is 0.273. The first-order valence-electron chi connectivity index (χ1n) is 10.0. The van der Waals surface area contributed by atoms with E-state index in [2.05, 4.69) is 15.1 Å². The van der Waals surface area contributed by atoms with E-state index in [4.69, 9.17) is 16.7 Å². The Hall–Kier alpha value is -3.72. The number of phenols is 1. The first-order valence-corrected chi connectivity index (χ1v) is 10.0. The van der Waals surface area contributed by atoms with Gasteiger partial charge in [-0.3, -0.25) is 4.79 Å². The molecule has 2 heterocycles. The maximum Gasteiger partial charge on any atom is 0.254 e. The van der Waals surface area contributed by atoms with E-state index < -0.39 is 6.04 Å². The standard InChI is InChI=1S/C22H24N6O3/c1-12-8-15-17(10-14(12)22(30)28-6-2-3-7-28)25-11-26-20(15)19(23)16-9-13(21(24)27-31)4-5-18(16)29/h4-5,8-11,19,29,31H,2-3,6-7,23H2,1H3,(H2,24,27). The molecule has 1 atom stereocenters. The molecule has 0 spiro atoms. The third-order valence-corrected chi connectivity index (χ3v) is 5.70. The van der Waals surface area contributed by atoms with E-state index >= 15 is 0 Å². The van der Waals surface area contributed by atoms with Crippen LogP contribution in [-0.4, -0.2) is 50.0 Å². The van der Waals surface area contributed by atoms with Gasteiger partial charge in [0, 0.05) is 35.2 Å². The van der Waals surface area contributed by atoms with Gasteiger partial charge in [-0.2, -0.15) is 0 Å². The number of aromatic nitrogens is 2. The average molecular weight is 420 g/mol. The maximum atomic E-state index is 12.9. The van der Waals surface area contributed by atoms with Crippen LogP contribution in [-0.2, 0) is 0 Å². The molecule has 6 N–H and O–H groups in total. The van der Waals surface area contributed by atoms with E-state index in [1.807, 2.05) is 17.9 Å². The SMILES string of the molecule is Cc1cc2c(C(N)c3cc(C(N)=NO)ccc3O)ncnc2cc1C(=O)N1CCCC1. The topological polar surface area (TPSA) is 151 Å². The molecule has 1 unspecified atom stereocenters. The number of nitrogens with two attached hydrogens (primary N) is 2. The fourth-order valence-corrected chi connectivity index (χ4v) is 3.97. The third-order valence-electron chi connectivity index (χ3n) is 5.70. The minimum Gasteiger partial charge on any atom is -0.508 e. The monoisotopic (exact) mass is 420 g/mol. The van der Waals surface area contributed by atoms with E-state index in [0.717, 1.165) is 31.5 Å². The van der Waals surface area contributed by atoms with Gasteiger partial charge >= 0.3 is 0 Å². The number of carbonyl (C=O) groups excluding carboxylic acids is 1. The Morgan fingerprint density at radius 3 is 2.65 bits per heavy atom.